The van der Waals surface area contributed by atoms with Crippen LogP contribution in [0.25, 0.3) is 0 Å². The van der Waals surface area contributed by atoms with Gasteiger partial charge in [-0.15, -0.1) is 0 Å². The van der Waals surface area contributed by atoms with Crippen molar-refractivity contribution >= 4 is 5.69 Å². The van der Waals surface area contributed by atoms with Gasteiger partial charge in [0.15, 0.2) is 0 Å². The highest BCUT2D eigenvalue weighted by atomic mass is 15.3. The summed E-state index contributed by atoms with van der Waals surface area (Å²) in [6.07, 6.45) is 7.97. The molecule has 3 rings (SSSR count). The van der Waals surface area contributed by atoms with Gasteiger partial charge >= 0.3 is 0 Å². The van der Waals surface area contributed by atoms with Gasteiger partial charge in [0.25, 0.3) is 0 Å². The van der Waals surface area contributed by atoms with Crippen molar-refractivity contribution < 1.29 is 0 Å². The third kappa shape index (κ3) is 3.55. The largest absolute Gasteiger partial charge is 0.370 e. The highest BCUT2D eigenvalue weighted by molar-refractivity contribution is 5.52. The summed E-state index contributed by atoms with van der Waals surface area (Å²) < 4.78 is 0. The second-order valence-corrected chi connectivity index (χ2v) is 6.67. The number of hydrogen-bond donors (Lipinski definition) is 1. The van der Waals surface area contributed by atoms with Crippen LogP contribution in [0.3, 0.4) is 0 Å². The van der Waals surface area contributed by atoms with E-state index in [0.29, 0.717) is 6.04 Å². The number of pyridine rings is 1. The number of fused-ring (bicyclic) bond motifs is 1. The van der Waals surface area contributed by atoms with E-state index < -0.39 is 0 Å². The molecule has 2 aliphatic rings. The normalized spacial score (nSPS) is 23.4. The lowest BCUT2D eigenvalue weighted by atomic mass is 10.1. The van der Waals surface area contributed by atoms with E-state index in [4.69, 9.17) is 0 Å². The molecule has 4 nitrogen and oxygen atoms in total. The van der Waals surface area contributed by atoms with Crippen LogP contribution in [0.4, 0.5) is 5.69 Å². The summed E-state index contributed by atoms with van der Waals surface area (Å²) >= 11 is 0. The minimum atomic E-state index is 0.507. The lowest BCUT2D eigenvalue weighted by molar-refractivity contribution is 0.273. The summed E-state index contributed by atoms with van der Waals surface area (Å²) in [4.78, 5) is 9.61. The molecule has 2 saturated heterocycles. The lowest BCUT2D eigenvalue weighted by Gasteiger charge is -2.29. The summed E-state index contributed by atoms with van der Waals surface area (Å²) in [6, 6.07) is 3.46. The molecule has 2 fully saturated rings. The first-order valence-electron chi connectivity index (χ1n) is 8.39. The molecule has 4 heteroatoms. The Labute approximate surface area is 128 Å². The van der Waals surface area contributed by atoms with E-state index in [1.165, 1.54) is 56.7 Å². The first kappa shape index (κ1) is 14.8. The lowest BCUT2D eigenvalue weighted by Crippen LogP contribution is -2.37. The number of aromatic nitrogens is 1. The first-order valence-corrected chi connectivity index (χ1v) is 8.39. The SMILES string of the molecule is CC(C)NCc1cnccc1N1CCCN2CCCC2C1. The molecule has 21 heavy (non-hydrogen) atoms. The summed E-state index contributed by atoms with van der Waals surface area (Å²) in [7, 11) is 0. The fourth-order valence-corrected chi connectivity index (χ4v) is 3.60. The van der Waals surface area contributed by atoms with Crippen molar-refractivity contribution in [2.75, 3.05) is 31.1 Å². The molecule has 0 aromatic carbocycles. The van der Waals surface area contributed by atoms with E-state index >= 15 is 0 Å². The van der Waals surface area contributed by atoms with E-state index in [1.54, 1.807) is 0 Å². The predicted octanol–water partition coefficient (Wildman–Crippen LogP) is 2.25. The number of hydrogen-bond acceptors (Lipinski definition) is 4. The molecule has 1 N–H and O–H groups in total. The first-order chi connectivity index (χ1) is 10.2. The molecule has 0 amide bonds. The van der Waals surface area contributed by atoms with Crippen molar-refractivity contribution in [3.05, 3.63) is 24.0 Å². The summed E-state index contributed by atoms with van der Waals surface area (Å²) in [5.41, 5.74) is 2.71. The maximum absolute atomic E-state index is 4.33. The Hall–Kier alpha value is -1.13. The molecule has 1 atom stereocenters. The minimum Gasteiger partial charge on any atom is -0.370 e. The molecule has 116 valence electrons. The molecule has 1 aromatic rings. The highest BCUT2D eigenvalue weighted by Gasteiger charge is 2.29. The third-order valence-corrected chi connectivity index (χ3v) is 4.72. The van der Waals surface area contributed by atoms with E-state index in [1.807, 2.05) is 12.4 Å². The Bertz CT molecular complexity index is 460. The van der Waals surface area contributed by atoms with Crippen LogP contribution in [0.2, 0.25) is 0 Å². The maximum atomic E-state index is 4.33. The molecule has 2 aliphatic heterocycles. The Morgan fingerprint density at radius 1 is 1.29 bits per heavy atom. The van der Waals surface area contributed by atoms with Crippen LogP contribution < -0.4 is 10.2 Å². The number of nitrogens with one attached hydrogen (secondary N) is 1. The van der Waals surface area contributed by atoms with Gasteiger partial charge in [-0.3, -0.25) is 9.88 Å². The van der Waals surface area contributed by atoms with Crippen LogP contribution in [-0.2, 0) is 6.54 Å². The third-order valence-electron chi connectivity index (χ3n) is 4.72. The van der Waals surface area contributed by atoms with Gasteiger partial charge in [-0.25, -0.2) is 0 Å². The van der Waals surface area contributed by atoms with Gasteiger partial charge in [0.1, 0.15) is 0 Å². The van der Waals surface area contributed by atoms with Crippen molar-refractivity contribution in [2.24, 2.45) is 0 Å². The monoisotopic (exact) mass is 288 g/mol. The van der Waals surface area contributed by atoms with Crippen LogP contribution in [0.15, 0.2) is 18.5 Å². The molecule has 1 aromatic heterocycles. The van der Waals surface area contributed by atoms with Crippen LogP contribution in [0, 0.1) is 0 Å². The zero-order valence-corrected chi connectivity index (χ0v) is 13.4. The van der Waals surface area contributed by atoms with E-state index in [0.717, 1.165) is 12.6 Å². The topological polar surface area (TPSA) is 31.4 Å². The molecule has 0 spiro atoms. The second kappa shape index (κ2) is 6.75. The van der Waals surface area contributed by atoms with Crippen LogP contribution >= 0.6 is 0 Å². The quantitative estimate of drug-likeness (QED) is 0.921. The van der Waals surface area contributed by atoms with Crippen molar-refractivity contribution in [1.82, 2.24) is 15.2 Å². The summed E-state index contributed by atoms with van der Waals surface area (Å²) in [6.45, 7) is 10.2. The van der Waals surface area contributed by atoms with Gasteiger partial charge < -0.3 is 10.2 Å². The van der Waals surface area contributed by atoms with Crippen molar-refractivity contribution in [3.8, 4) is 0 Å². The average molecular weight is 288 g/mol. The predicted molar refractivity (Wildman–Crippen MR) is 87.6 cm³/mol. The van der Waals surface area contributed by atoms with Crippen LogP contribution in [-0.4, -0.2) is 48.1 Å². The van der Waals surface area contributed by atoms with Gasteiger partial charge in [-0.2, -0.15) is 0 Å². The molecule has 0 bridgehead atoms. The standard InChI is InChI=1S/C17H28N4/c1-14(2)19-12-15-11-18-7-6-17(15)21-10-4-9-20-8-3-5-16(20)13-21/h6-7,11,14,16,19H,3-5,8-10,12-13H2,1-2H3. The highest BCUT2D eigenvalue weighted by Crippen LogP contribution is 2.26. The van der Waals surface area contributed by atoms with Gasteiger partial charge in [0.2, 0.25) is 0 Å². The fourth-order valence-electron chi connectivity index (χ4n) is 3.60. The molecule has 0 radical (unpaired) electrons. The Kier molecular flexibility index (Phi) is 4.76. The Morgan fingerprint density at radius 2 is 2.14 bits per heavy atom. The molecular weight excluding hydrogens is 260 g/mol. The van der Waals surface area contributed by atoms with Crippen molar-refractivity contribution in [1.29, 1.82) is 0 Å². The van der Waals surface area contributed by atoms with Gasteiger partial charge in [-0.1, -0.05) is 13.8 Å². The van der Waals surface area contributed by atoms with E-state index in [-0.39, 0.29) is 0 Å². The summed E-state index contributed by atoms with van der Waals surface area (Å²) in [5, 5.41) is 3.53. The zero-order chi connectivity index (χ0) is 14.7. The molecular formula is C17H28N4. The van der Waals surface area contributed by atoms with Gasteiger partial charge in [0, 0.05) is 61.9 Å². The number of anilines is 1. The second-order valence-electron chi connectivity index (χ2n) is 6.67. The number of rotatable bonds is 4. The van der Waals surface area contributed by atoms with E-state index in [9.17, 15) is 0 Å². The minimum absolute atomic E-state index is 0.507. The molecule has 3 heterocycles. The van der Waals surface area contributed by atoms with Crippen LogP contribution in [0.5, 0.6) is 0 Å². The molecule has 1 unspecified atom stereocenters. The summed E-state index contributed by atoms with van der Waals surface area (Å²) in [5.74, 6) is 0. The fraction of sp³-hybridized carbons (Fsp3) is 0.706. The van der Waals surface area contributed by atoms with Crippen molar-refractivity contribution in [3.63, 3.8) is 0 Å². The molecule has 0 saturated carbocycles. The number of nitrogens with zero attached hydrogens (tertiary/aromatic N) is 3. The zero-order valence-electron chi connectivity index (χ0n) is 13.4. The van der Waals surface area contributed by atoms with Gasteiger partial charge in [0.05, 0.1) is 0 Å². The average Bonchev–Trinajstić information content (AvgIpc) is 2.82. The van der Waals surface area contributed by atoms with Crippen LogP contribution in [0.1, 0.15) is 38.7 Å². The maximum Gasteiger partial charge on any atom is 0.0443 e. The van der Waals surface area contributed by atoms with E-state index in [2.05, 4.69) is 40.0 Å². The van der Waals surface area contributed by atoms with Crippen molar-refractivity contribution in [2.45, 2.75) is 51.7 Å². The smallest absolute Gasteiger partial charge is 0.0443 e. The Balaban J connectivity index is 1.75. The van der Waals surface area contributed by atoms with Gasteiger partial charge in [-0.05, 0) is 31.9 Å². The molecule has 0 aliphatic carbocycles. The Morgan fingerprint density at radius 3 is 3.00 bits per heavy atom.